The number of benzene rings is 1. The van der Waals surface area contributed by atoms with Gasteiger partial charge in [0.25, 0.3) is 0 Å². The van der Waals surface area contributed by atoms with E-state index in [2.05, 4.69) is 10.2 Å². The molecule has 1 heterocycles. The van der Waals surface area contributed by atoms with E-state index in [1.807, 2.05) is 0 Å². The van der Waals surface area contributed by atoms with Crippen LogP contribution < -0.4 is 5.32 Å². The van der Waals surface area contributed by atoms with Crippen molar-refractivity contribution < 1.29 is 13.2 Å². The van der Waals surface area contributed by atoms with Gasteiger partial charge in [0, 0.05) is 31.1 Å². The average molecular weight is 408 g/mol. The molecule has 140 valence electrons. The van der Waals surface area contributed by atoms with Crippen LogP contribution in [0.5, 0.6) is 0 Å². The summed E-state index contributed by atoms with van der Waals surface area (Å²) < 4.78 is 24.6. The Bertz CT molecular complexity index is 719. The lowest BCUT2D eigenvalue weighted by Gasteiger charge is -2.35. The second kappa shape index (κ2) is 8.68. The molecule has 0 aromatic heterocycles. The van der Waals surface area contributed by atoms with E-state index in [1.54, 1.807) is 25.2 Å². The van der Waals surface area contributed by atoms with E-state index in [0.29, 0.717) is 28.7 Å². The van der Waals surface area contributed by atoms with E-state index >= 15 is 0 Å². The first-order valence-electron chi connectivity index (χ1n) is 8.07. The van der Waals surface area contributed by atoms with Crippen molar-refractivity contribution in [1.82, 2.24) is 9.21 Å². The molecular formula is C16H23Cl2N3O3S. The number of anilines is 1. The van der Waals surface area contributed by atoms with Gasteiger partial charge in [-0.05, 0) is 44.1 Å². The standard InChI is InChI=1S/C16H23Cl2N3O3S/c1-20(25(2,23)24)13-5-8-21(9-6-13)10-7-16(22)19-15-11-12(17)3-4-14(15)18/h3-4,11,13H,5-10H2,1-2H3,(H,19,22). The monoisotopic (exact) mass is 407 g/mol. The smallest absolute Gasteiger partial charge is 0.225 e. The zero-order valence-corrected chi connectivity index (χ0v) is 16.7. The Morgan fingerprint density at radius 1 is 1.32 bits per heavy atom. The van der Waals surface area contributed by atoms with Crippen LogP contribution in [0.3, 0.4) is 0 Å². The SMILES string of the molecule is CN(C1CCN(CCC(=O)Nc2cc(Cl)ccc2Cl)CC1)S(C)(=O)=O. The van der Waals surface area contributed by atoms with E-state index < -0.39 is 10.0 Å². The number of rotatable bonds is 6. The highest BCUT2D eigenvalue weighted by Gasteiger charge is 2.27. The van der Waals surface area contributed by atoms with E-state index in [-0.39, 0.29) is 11.9 Å². The first-order valence-corrected chi connectivity index (χ1v) is 10.7. The lowest BCUT2D eigenvalue weighted by atomic mass is 10.1. The van der Waals surface area contributed by atoms with E-state index in [4.69, 9.17) is 23.2 Å². The number of piperidine rings is 1. The Balaban J connectivity index is 1.77. The number of nitrogens with zero attached hydrogens (tertiary/aromatic N) is 2. The molecule has 9 heteroatoms. The summed E-state index contributed by atoms with van der Waals surface area (Å²) >= 11 is 11.9. The highest BCUT2D eigenvalue weighted by Crippen LogP contribution is 2.25. The molecule has 0 spiro atoms. The fourth-order valence-corrected chi connectivity index (χ4v) is 3.93. The second-order valence-corrected chi connectivity index (χ2v) is 9.16. The van der Waals surface area contributed by atoms with Gasteiger partial charge < -0.3 is 10.2 Å². The Labute approximate surface area is 159 Å². The zero-order valence-electron chi connectivity index (χ0n) is 14.3. The van der Waals surface area contributed by atoms with Gasteiger partial charge in [-0.2, -0.15) is 0 Å². The van der Waals surface area contributed by atoms with Crippen LogP contribution in [0.4, 0.5) is 5.69 Å². The van der Waals surface area contributed by atoms with Crippen molar-refractivity contribution in [3.63, 3.8) is 0 Å². The number of halogens is 2. The molecule has 0 saturated carbocycles. The van der Waals surface area contributed by atoms with Crippen molar-refractivity contribution in [2.45, 2.75) is 25.3 Å². The molecule has 0 aliphatic carbocycles. The molecule has 25 heavy (non-hydrogen) atoms. The third kappa shape index (κ3) is 6.11. The topological polar surface area (TPSA) is 69.7 Å². The largest absolute Gasteiger partial charge is 0.325 e. The summed E-state index contributed by atoms with van der Waals surface area (Å²) in [6.07, 6.45) is 3.11. The molecule has 1 N–H and O–H groups in total. The van der Waals surface area contributed by atoms with E-state index in [9.17, 15) is 13.2 Å². The van der Waals surface area contributed by atoms with Crippen LogP contribution in [0.1, 0.15) is 19.3 Å². The van der Waals surface area contributed by atoms with Crippen molar-refractivity contribution in [1.29, 1.82) is 0 Å². The van der Waals surface area contributed by atoms with Gasteiger partial charge in [-0.3, -0.25) is 4.79 Å². The van der Waals surface area contributed by atoms with Crippen LogP contribution in [0.15, 0.2) is 18.2 Å². The highest BCUT2D eigenvalue weighted by molar-refractivity contribution is 7.88. The summed E-state index contributed by atoms with van der Waals surface area (Å²) in [5.74, 6) is -0.125. The Hall–Kier alpha value is -0.860. The predicted molar refractivity (Wildman–Crippen MR) is 102 cm³/mol. The van der Waals surface area contributed by atoms with Gasteiger partial charge in [0.2, 0.25) is 15.9 Å². The summed E-state index contributed by atoms with van der Waals surface area (Å²) in [6, 6.07) is 4.96. The fraction of sp³-hybridized carbons (Fsp3) is 0.562. The molecule has 0 radical (unpaired) electrons. The number of amides is 1. The van der Waals surface area contributed by atoms with Gasteiger partial charge in [-0.25, -0.2) is 12.7 Å². The van der Waals surface area contributed by atoms with Crippen LogP contribution in [-0.4, -0.2) is 62.5 Å². The number of hydrogen-bond donors (Lipinski definition) is 1. The molecule has 0 unspecified atom stereocenters. The molecule has 6 nitrogen and oxygen atoms in total. The van der Waals surface area contributed by atoms with Crippen LogP contribution in [0.25, 0.3) is 0 Å². The minimum absolute atomic E-state index is 0.0327. The molecule has 2 rings (SSSR count). The van der Waals surface area contributed by atoms with Crippen molar-refractivity contribution >= 4 is 44.8 Å². The van der Waals surface area contributed by atoms with Crippen LogP contribution in [0, 0.1) is 0 Å². The molecule has 1 aromatic carbocycles. The summed E-state index contributed by atoms with van der Waals surface area (Å²) in [5.41, 5.74) is 0.507. The Morgan fingerprint density at radius 2 is 1.96 bits per heavy atom. The van der Waals surface area contributed by atoms with Crippen molar-refractivity contribution in [3.05, 3.63) is 28.2 Å². The van der Waals surface area contributed by atoms with Gasteiger partial charge in [-0.1, -0.05) is 23.2 Å². The maximum absolute atomic E-state index is 12.1. The van der Waals surface area contributed by atoms with Gasteiger partial charge >= 0.3 is 0 Å². The summed E-state index contributed by atoms with van der Waals surface area (Å²) in [4.78, 5) is 14.3. The second-order valence-electron chi connectivity index (χ2n) is 6.27. The summed E-state index contributed by atoms with van der Waals surface area (Å²) in [5, 5.41) is 3.73. The molecule has 0 atom stereocenters. The van der Waals surface area contributed by atoms with Gasteiger partial charge in [0.15, 0.2) is 0 Å². The maximum Gasteiger partial charge on any atom is 0.225 e. The highest BCUT2D eigenvalue weighted by atomic mass is 35.5. The minimum atomic E-state index is -3.16. The number of hydrogen-bond acceptors (Lipinski definition) is 4. The Morgan fingerprint density at radius 3 is 2.56 bits per heavy atom. The average Bonchev–Trinajstić information content (AvgIpc) is 2.55. The van der Waals surface area contributed by atoms with Gasteiger partial charge in [0.1, 0.15) is 0 Å². The molecule has 1 aromatic rings. The number of carbonyl (C=O) groups is 1. The molecule has 1 saturated heterocycles. The third-order valence-electron chi connectivity index (χ3n) is 4.45. The Kier molecular flexibility index (Phi) is 7.10. The minimum Gasteiger partial charge on any atom is -0.325 e. The maximum atomic E-state index is 12.1. The quantitative estimate of drug-likeness (QED) is 0.786. The molecule has 0 bridgehead atoms. The van der Waals surface area contributed by atoms with E-state index in [1.165, 1.54) is 10.6 Å². The molecular weight excluding hydrogens is 385 g/mol. The first-order chi connectivity index (χ1) is 11.7. The number of nitrogens with one attached hydrogen (secondary N) is 1. The lowest BCUT2D eigenvalue weighted by Crippen LogP contribution is -2.45. The van der Waals surface area contributed by atoms with Crippen LogP contribution >= 0.6 is 23.2 Å². The molecule has 1 aliphatic rings. The molecule has 1 amide bonds. The fourth-order valence-electron chi connectivity index (χ4n) is 2.84. The lowest BCUT2D eigenvalue weighted by molar-refractivity contribution is -0.116. The van der Waals surface area contributed by atoms with Crippen LogP contribution in [0.2, 0.25) is 10.0 Å². The third-order valence-corrected chi connectivity index (χ3v) is 6.36. The first kappa shape index (κ1) is 20.5. The van der Waals surface area contributed by atoms with Crippen LogP contribution in [-0.2, 0) is 14.8 Å². The summed E-state index contributed by atoms with van der Waals surface area (Å²) in [6.45, 7) is 2.17. The normalized spacial score (nSPS) is 17.0. The van der Waals surface area contributed by atoms with E-state index in [0.717, 1.165) is 25.9 Å². The van der Waals surface area contributed by atoms with Gasteiger partial charge in [-0.15, -0.1) is 0 Å². The summed E-state index contributed by atoms with van der Waals surface area (Å²) in [7, 11) is -1.54. The number of carbonyl (C=O) groups excluding carboxylic acids is 1. The molecule has 1 aliphatic heterocycles. The van der Waals surface area contributed by atoms with Crippen molar-refractivity contribution in [2.24, 2.45) is 0 Å². The number of likely N-dealkylation sites (tertiary alicyclic amines) is 1. The predicted octanol–water partition coefficient (Wildman–Crippen LogP) is 2.68. The van der Waals surface area contributed by atoms with Crippen molar-refractivity contribution in [2.75, 3.05) is 38.3 Å². The zero-order chi connectivity index (χ0) is 18.6. The molecule has 1 fully saturated rings. The van der Waals surface area contributed by atoms with Crippen molar-refractivity contribution in [3.8, 4) is 0 Å². The number of sulfonamides is 1. The van der Waals surface area contributed by atoms with Gasteiger partial charge in [0.05, 0.1) is 17.0 Å².